The van der Waals surface area contributed by atoms with Crippen molar-refractivity contribution in [2.75, 3.05) is 65.5 Å². The molecule has 3 rings (SSSR count). The number of nitrogens with two attached hydrogens (primary N) is 1. The van der Waals surface area contributed by atoms with Gasteiger partial charge in [-0.2, -0.15) is 4.31 Å². The molecule has 26 nitrogen and oxygen atoms in total. The number of phosphoric acid groups is 3. The molecule has 0 bridgehead atoms. The van der Waals surface area contributed by atoms with Crippen LogP contribution < -0.4 is 16.4 Å². The number of aliphatic hydroxyl groups excluding tert-OH is 3. The Labute approximate surface area is 335 Å². The second kappa shape index (κ2) is 20.4. The van der Waals surface area contributed by atoms with E-state index in [0.717, 1.165) is 29.0 Å². The van der Waals surface area contributed by atoms with Gasteiger partial charge in [0.05, 0.1) is 40.7 Å². The van der Waals surface area contributed by atoms with Gasteiger partial charge < -0.3 is 60.5 Å². The summed E-state index contributed by atoms with van der Waals surface area (Å²) in [6, 6.07) is 0. The molecule has 0 saturated carbocycles. The summed E-state index contributed by atoms with van der Waals surface area (Å²) in [5, 5.41) is 36.1. The Kier molecular flexibility index (Phi) is 17.5. The maximum absolute atomic E-state index is 12.7. The van der Waals surface area contributed by atoms with E-state index < -0.39 is 90.7 Å². The Morgan fingerprint density at radius 1 is 1.03 bits per heavy atom. The standard InChI is InChI=1S/C28H49N8O18P3S/c1-28(2,23(41)26(42)31-7-6-18(38)30-8-9-58-19(39)10-16(37)11-36(3,4)5)13-51-57(48,49)54-56(46,47)50-12-17-22(53-55(43,44)45)21(40)27(52-17)35-15-34-20-24(29)32-14-33-25(20)35/h14-17,21-23,27,37,40-41H,6-13H2,1-5H3,(H7-,29,30,31,32,33,38,42,43,44,45,46,47,48,49)/p+1/t16-,17+,21+,22+,23-,27+/m0/s1. The van der Waals surface area contributed by atoms with Crippen molar-refractivity contribution in [1.29, 1.82) is 0 Å². The number of amides is 2. The second-order valence-electron chi connectivity index (χ2n) is 14.6. The smallest absolute Gasteiger partial charge is 0.387 e. The van der Waals surface area contributed by atoms with Crippen LogP contribution in [0.15, 0.2) is 12.7 Å². The molecule has 30 heteroatoms. The van der Waals surface area contributed by atoms with Crippen molar-refractivity contribution in [1.82, 2.24) is 30.2 Å². The number of likely N-dealkylation sites (N-methyl/N-ethyl adjacent to an activating group) is 1. The summed E-state index contributed by atoms with van der Waals surface area (Å²) >= 11 is 0.958. The number of quaternary nitrogens is 1. The number of imidazole rings is 1. The number of phosphoric ester groups is 3. The fraction of sp³-hybridized carbons (Fsp3) is 0.714. The summed E-state index contributed by atoms with van der Waals surface area (Å²) in [5.41, 5.74) is 4.23. The highest BCUT2D eigenvalue weighted by Gasteiger charge is 2.50. The first-order chi connectivity index (χ1) is 26.6. The van der Waals surface area contributed by atoms with Crippen LogP contribution >= 0.6 is 35.2 Å². The van der Waals surface area contributed by atoms with Crippen LogP contribution in [-0.2, 0) is 50.7 Å². The van der Waals surface area contributed by atoms with E-state index >= 15 is 0 Å². The van der Waals surface area contributed by atoms with Crippen LogP contribution in [0, 0.1) is 5.41 Å². The van der Waals surface area contributed by atoms with Gasteiger partial charge in [-0.15, -0.1) is 0 Å². The third-order valence-corrected chi connectivity index (χ3v) is 11.9. The number of hydrogen-bond acceptors (Lipinski definition) is 19. The number of carbonyl (C=O) groups is 3. The number of nitrogen functional groups attached to an aromatic ring is 1. The zero-order valence-corrected chi connectivity index (χ0v) is 35.5. The van der Waals surface area contributed by atoms with Gasteiger partial charge >= 0.3 is 23.5 Å². The monoisotopic (exact) mass is 911 g/mol. The normalized spacial score (nSPS) is 22.2. The first kappa shape index (κ1) is 49.8. The summed E-state index contributed by atoms with van der Waals surface area (Å²) in [7, 11) is -10.8. The summed E-state index contributed by atoms with van der Waals surface area (Å²) in [5.74, 6) is -1.26. The SMILES string of the molecule is CC(C)(COP(=O)(O)OP(=O)(O)OC[C@H]1O[C@@H](n2cnc3c(N)ncnc32)[C@H](O)[C@@H]1OP(=O)(O)O)[C@@H](O)C(=O)NCCC(=O)NCCSC(=O)C[C@H](O)C[N+](C)(C)C. The average Bonchev–Trinajstić information content (AvgIpc) is 3.63. The van der Waals surface area contributed by atoms with Gasteiger partial charge in [0, 0.05) is 37.1 Å². The van der Waals surface area contributed by atoms with Crippen molar-refractivity contribution in [3.8, 4) is 0 Å². The van der Waals surface area contributed by atoms with E-state index in [0.29, 0.717) is 11.0 Å². The topological polar surface area (TPSA) is 384 Å². The molecule has 1 saturated heterocycles. The average molecular weight is 912 g/mol. The largest absolute Gasteiger partial charge is 0.481 e. The highest BCUT2D eigenvalue weighted by atomic mass is 32.2. The fourth-order valence-corrected chi connectivity index (χ4v) is 8.81. The van der Waals surface area contributed by atoms with Crippen molar-refractivity contribution < 1.29 is 90.1 Å². The summed E-state index contributed by atoms with van der Waals surface area (Å²) in [6.07, 6.45) is -7.83. The Morgan fingerprint density at radius 2 is 1.69 bits per heavy atom. The molecule has 0 spiro atoms. The molecule has 1 fully saturated rings. The van der Waals surface area contributed by atoms with E-state index in [-0.39, 0.29) is 53.8 Å². The van der Waals surface area contributed by atoms with Crippen molar-refractivity contribution in [3.05, 3.63) is 12.7 Å². The van der Waals surface area contributed by atoms with Gasteiger partial charge in [0.25, 0.3) is 0 Å². The summed E-state index contributed by atoms with van der Waals surface area (Å²) in [4.78, 5) is 87.7. The number of thioether (sulfide) groups is 1. The number of nitrogens with one attached hydrogen (secondary N) is 2. The quantitative estimate of drug-likeness (QED) is 0.0331. The third-order valence-electron chi connectivity index (χ3n) is 7.93. The number of aliphatic hydroxyl groups is 3. The Bertz CT molecular complexity index is 1900. The van der Waals surface area contributed by atoms with E-state index in [9.17, 15) is 63.0 Å². The molecule has 2 amide bonds. The molecule has 0 aromatic carbocycles. The Balaban J connectivity index is 1.46. The molecule has 11 N–H and O–H groups in total. The first-order valence-electron chi connectivity index (χ1n) is 17.1. The van der Waals surface area contributed by atoms with Crippen molar-refractivity contribution in [3.63, 3.8) is 0 Å². The van der Waals surface area contributed by atoms with Crippen molar-refractivity contribution >= 4 is 69.1 Å². The van der Waals surface area contributed by atoms with E-state index in [1.165, 1.54) is 13.8 Å². The van der Waals surface area contributed by atoms with Gasteiger partial charge in [0.15, 0.2) is 22.8 Å². The summed E-state index contributed by atoms with van der Waals surface area (Å²) in [6.45, 7) is 0.747. The number of rotatable bonds is 23. The molecule has 0 aliphatic carbocycles. The van der Waals surface area contributed by atoms with Gasteiger partial charge in [-0.3, -0.25) is 32.5 Å². The maximum Gasteiger partial charge on any atom is 0.481 e. The molecule has 330 valence electrons. The molecule has 2 aromatic rings. The molecule has 2 aromatic heterocycles. The minimum Gasteiger partial charge on any atom is -0.387 e. The third kappa shape index (κ3) is 15.8. The second-order valence-corrected chi connectivity index (χ2v) is 20.0. The van der Waals surface area contributed by atoms with Gasteiger partial charge in [-0.25, -0.2) is 28.6 Å². The molecular formula is C28H50N8O18P3S+. The van der Waals surface area contributed by atoms with Crippen LogP contribution in [0.4, 0.5) is 5.82 Å². The van der Waals surface area contributed by atoms with Crippen molar-refractivity contribution in [2.24, 2.45) is 5.41 Å². The molecule has 1 aliphatic heterocycles. The molecule has 2 unspecified atom stereocenters. The molecule has 8 atom stereocenters. The van der Waals surface area contributed by atoms with Gasteiger partial charge in [0.1, 0.15) is 48.9 Å². The number of ether oxygens (including phenoxy) is 1. The van der Waals surface area contributed by atoms with Crippen LogP contribution in [-0.4, -0.2) is 166 Å². The lowest BCUT2D eigenvalue weighted by Gasteiger charge is -2.30. The van der Waals surface area contributed by atoms with Crippen molar-refractivity contribution in [2.45, 2.75) is 63.4 Å². The highest BCUT2D eigenvalue weighted by molar-refractivity contribution is 8.13. The highest BCUT2D eigenvalue weighted by Crippen LogP contribution is 2.61. The van der Waals surface area contributed by atoms with Crippen LogP contribution in [0.3, 0.4) is 0 Å². The zero-order valence-electron chi connectivity index (χ0n) is 32.0. The zero-order chi connectivity index (χ0) is 43.9. The number of nitrogens with zero attached hydrogens (tertiary/aromatic N) is 5. The minimum absolute atomic E-state index is 0.0256. The predicted molar refractivity (Wildman–Crippen MR) is 201 cm³/mol. The number of carbonyl (C=O) groups excluding carboxylic acids is 3. The number of anilines is 1. The van der Waals surface area contributed by atoms with Crippen LogP contribution in [0.25, 0.3) is 11.2 Å². The van der Waals surface area contributed by atoms with E-state index in [4.69, 9.17) is 19.5 Å². The lowest BCUT2D eigenvalue weighted by Crippen LogP contribution is -2.46. The van der Waals surface area contributed by atoms with Gasteiger partial charge in [0.2, 0.25) is 11.8 Å². The van der Waals surface area contributed by atoms with Gasteiger partial charge in [-0.1, -0.05) is 25.6 Å². The lowest BCUT2D eigenvalue weighted by molar-refractivity contribution is -0.873. The molecule has 0 radical (unpaired) electrons. The lowest BCUT2D eigenvalue weighted by atomic mass is 9.87. The maximum atomic E-state index is 12.7. The van der Waals surface area contributed by atoms with Crippen LogP contribution in [0.2, 0.25) is 0 Å². The summed E-state index contributed by atoms with van der Waals surface area (Å²) < 4.78 is 62.6. The van der Waals surface area contributed by atoms with Gasteiger partial charge in [-0.05, 0) is 0 Å². The Morgan fingerprint density at radius 3 is 2.33 bits per heavy atom. The van der Waals surface area contributed by atoms with Crippen LogP contribution in [0.5, 0.6) is 0 Å². The molecule has 58 heavy (non-hydrogen) atoms. The molecule has 1 aliphatic rings. The predicted octanol–water partition coefficient (Wildman–Crippen LogP) is -1.88. The Hall–Kier alpha value is -2.52. The number of aromatic nitrogens is 4. The molecular weight excluding hydrogens is 861 g/mol. The minimum atomic E-state index is -5.58. The number of hydrogen-bond donors (Lipinski definition) is 10. The number of fused-ring (bicyclic) bond motifs is 1. The first-order valence-corrected chi connectivity index (χ1v) is 22.6. The molecule has 3 heterocycles. The van der Waals surface area contributed by atoms with E-state index in [1.54, 1.807) is 0 Å². The fourth-order valence-electron chi connectivity index (χ4n) is 5.24. The van der Waals surface area contributed by atoms with Crippen LogP contribution in [0.1, 0.15) is 32.9 Å². The van der Waals surface area contributed by atoms with E-state index in [2.05, 4.69) is 34.4 Å². The van der Waals surface area contributed by atoms with E-state index in [1.807, 2.05) is 21.1 Å².